The highest BCUT2D eigenvalue weighted by molar-refractivity contribution is 9.09. The summed E-state index contributed by atoms with van der Waals surface area (Å²) in [6.07, 6.45) is 8.84. The molecule has 0 amide bonds. The molecular formula is C82H92Br3Cl7N10O8. The summed E-state index contributed by atoms with van der Waals surface area (Å²) >= 11 is 47.1. The van der Waals surface area contributed by atoms with Gasteiger partial charge in [0.2, 0.25) is 22.2 Å². The summed E-state index contributed by atoms with van der Waals surface area (Å²) in [5.41, 5.74) is 5.72. The minimum absolute atomic E-state index is 0. The molecule has 0 spiro atoms. The molecule has 6 N–H and O–H groups in total. The molecule has 7 aromatic carbocycles. The zero-order valence-corrected chi connectivity index (χ0v) is 71.0. The molecule has 14 rings (SSSR count). The maximum Gasteiger partial charge on any atom is 0.248 e. The van der Waals surface area contributed by atoms with Crippen LogP contribution in [0.4, 0.5) is 17.1 Å². The van der Waals surface area contributed by atoms with E-state index in [0.29, 0.717) is 55.5 Å². The molecule has 0 radical (unpaired) electrons. The van der Waals surface area contributed by atoms with Crippen molar-refractivity contribution in [1.29, 1.82) is 0 Å². The Morgan fingerprint density at radius 1 is 0.345 bits per heavy atom. The van der Waals surface area contributed by atoms with Gasteiger partial charge in [-0.05, 0) is 195 Å². The number of ether oxygens (including phenoxy) is 3. The molecule has 28 heteroatoms. The lowest BCUT2D eigenvalue weighted by molar-refractivity contribution is 0.238. The lowest BCUT2D eigenvalue weighted by atomic mass is 10.2. The molecule has 7 heterocycles. The van der Waals surface area contributed by atoms with Crippen molar-refractivity contribution in [1.82, 2.24) is 35.1 Å². The number of aromatic hydroxyl groups is 1. The number of piperazine rings is 3. The number of hydrogen-bond acceptors (Lipinski definition) is 14. The van der Waals surface area contributed by atoms with Gasteiger partial charge in [0.15, 0.2) is 0 Å². The van der Waals surface area contributed by atoms with E-state index >= 15 is 0 Å². The SMILES string of the molecule is BrCCCCBr.Cl.Clc1cccc(N2CCNCC2)c1Cl.O=c1ccc2ccc(O)cc2[nH]1.O=c1ccc2ccc(OCCCCBr)cc2[nH]1.O=c1ccc2ccc(OCCCCN3CCN(c4cccc(Cl)c4Cl)CC3)cc2[nH]1.O=c1ccc2ccc(OCCCCN3CCN(c4cccc(Cl)c4Cl)CC3)cc2[nH]1. The topological polar surface area (TPSA) is 208 Å². The average Bonchev–Trinajstić information content (AvgIpc) is 0.932. The summed E-state index contributed by atoms with van der Waals surface area (Å²) in [6.45, 7) is 16.0. The number of unbranched alkanes of at least 4 members (excludes halogenated alkanes) is 4. The molecule has 4 aromatic heterocycles. The van der Waals surface area contributed by atoms with Gasteiger partial charge in [-0.25, -0.2) is 0 Å². The molecular weight excluding hydrogens is 1740 g/mol. The number of nitrogens with one attached hydrogen (secondary N) is 5. The number of nitrogens with zero attached hydrogens (tertiary/aromatic N) is 5. The Kier molecular flexibility index (Phi) is 38.6. The number of hydrogen-bond donors (Lipinski definition) is 6. The van der Waals surface area contributed by atoms with Gasteiger partial charge < -0.3 is 59.3 Å². The van der Waals surface area contributed by atoms with Gasteiger partial charge >= 0.3 is 0 Å². The molecule has 0 unspecified atom stereocenters. The highest BCUT2D eigenvalue weighted by Gasteiger charge is 2.22. The van der Waals surface area contributed by atoms with Crippen LogP contribution >= 0.6 is 130 Å². The average molecular weight is 1830 g/mol. The predicted molar refractivity (Wildman–Crippen MR) is 474 cm³/mol. The van der Waals surface area contributed by atoms with Crippen molar-refractivity contribution in [2.75, 3.05) is 142 Å². The molecule has 3 aliphatic rings. The van der Waals surface area contributed by atoms with E-state index in [1.165, 1.54) is 43.2 Å². The first kappa shape index (κ1) is 88.9. The van der Waals surface area contributed by atoms with E-state index < -0.39 is 0 Å². The van der Waals surface area contributed by atoms with E-state index in [0.717, 1.165) is 219 Å². The number of aromatic nitrogens is 4. The van der Waals surface area contributed by atoms with Gasteiger partial charge in [-0.15, -0.1) is 12.4 Å². The Balaban J connectivity index is 0.000000176. The number of rotatable bonds is 23. The summed E-state index contributed by atoms with van der Waals surface area (Å²) < 4.78 is 17.3. The Morgan fingerprint density at radius 2 is 0.636 bits per heavy atom. The Hall–Kier alpha value is -6.67. The molecule has 0 aliphatic carbocycles. The summed E-state index contributed by atoms with van der Waals surface area (Å²) in [7, 11) is 0. The molecule has 18 nitrogen and oxygen atoms in total. The van der Waals surface area contributed by atoms with Crippen molar-refractivity contribution in [2.24, 2.45) is 0 Å². The van der Waals surface area contributed by atoms with Crippen LogP contribution in [0, 0.1) is 0 Å². The van der Waals surface area contributed by atoms with Crippen molar-refractivity contribution in [2.45, 2.75) is 51.4 Å². The second kappa shape index (κ2) is 47.8. The number of alkyl halides is 3. The molecule has 588 valence electrons. The summed E-state index contributed by atoms with van der Waals surface area (Å²) in [5, 5.41) is 23.4. The van der Waals surface area contributed by atoms with E-state index in [9.17, 15) is 19.2 Å². The third-order valence-corrected chi connectivity index (χ3v) is 22.2. The van der Waals surface area contributed by atoms with Crippen LogP contribution in [0.5, 0.6) is 23.0 Å². The van der Waals surface area contributed by atoms with Gasteiger partial charge in [0.1, 0.15) is 23.0 Å². The number of benzene rings is 7. The van der Waals surface area contributed by atoms with Crippen molar-refractivity contribution >= 4 is 190 Å². The van der Waals surface area contributed by atoms with Gasteiger partial charge in [-0.2, -0.15) is 0 Å². The summed E-state index contributed by atoms with van der Waals surface area (Å²) in [6, 6.07) is 52.8. The number of pyridine rings is 4. The fourth-order valence-corrected chi connectivity index (χ4v) is 14.6. The number of phenolic OH excluding ortho intramolecular Hbond substituents is 1. The van der Waals surface area contributed by atoms with Gasteiger partial charge in [-0.1, -0.05) is 136 Å². The maximum atomic E-state index is 11.5. The lowest BCUT2D eigenvalue weighted by Gasteiger charge is -2.36. The molecule has 3 saturated heterocycles. The lowest BCUT2D eigenvalue weighted by Crippen LogP contribution is -2.46. The fourth-order valence-electron chi connectivity index (χ4n) is 12.2. The quantitative estimate of drug-likeness (QED) is 0.0260. The highest BCUT2D eigenvalue weighted by Crippen LogP contribution is 2.36. The Morgan fingerprint density at radius 3 is 0.973 bits per heavy atom. The fraction of sp³-hybridized carbons (Fsp3) is 0.341. The van der Waals surface area contributed by atoms with Crippen molar-refractivity contribution in [3.8, 4) is 23.0 Å². The standard InChI is InChI=1S/2C23H25Cl2N3O2.C13H14BrNO2.C10H12Cl2N2.C9H7NO2.C4H8Br2.ClH/c2*24-19-4-3-5-21(23(19)25)28-13-11-27(12-14-28)10-1-2-15-30-18-8-6-17-7-9-22(29)26-20(17)16-18;14-7-1-2-8-17-11-5-3-10-4-6-13(16)15-12(10)9-11;11-8-2-1-3-9(10(8)12)14-6-4-13-5-7-14;11-7-3-1-6-2-4-9(12)10-8(6)5-7;5-3-1-2-4-6;/h2*3-9,16H,1-2,10-15H2,(H,26,29);3-6,9H,1-2,7-8H2,(H,15,16);1-3,13H,4-7H2;1-5,11H,(H,10,12);1-4H2;1H. The number of H-pyrrole nitrogens is 4. The molecule has 0 bridgehead atoms. The monoisotopic (exact) mass is 1830 g/mol. The van der Waals surface area contributed by atoms with Crippen molar-refractivity contribution < 1.29 is 19.3 Å². The number of phenols is 1. The van der Waals surface area contributed by atoms with Gasteiger partial charge in [0.05, 0.1) is 89.1 Å². The number of halogens is 10. The highest BCUT2D eigenvalue weighted by atomic mass is 79.9. The molecule has 0 atom stereocenters. The number of anilines is 3. The first-order valence-electron chi connectivity index (χ1n) is 36.5. The van der Waals surface area contributed by atoms with E-state index in [1.54, 1.807) is 18.2 Å². The third-order valence-electron chi connectivity index (χ3n) is 18.1. The second-order valence-electron chi connectivity index (χ2n) is 25.9. The maximum absolute atomic E-state index is 11.5. The molecule has 110 heavy (non-hydrogen) atoms. The van der Waals surface area contributed by atoms with Gasteiger partial charge in [0.25, 0.3) is 0 Å². The van der Waals surface area contributed by atoms with Gasteiger partial charge in [0, 0.05) is 143 Å². The first-order valence-corrected chi connectivity index (χ1v) is 42.1. The zero-order chi connectivity index (χ0) is 77.3. The minimum atomic E-state index is -0.159. The predicted octanol–water partition coefficient (Wildman–Crippen LogP) is 19.3. The van der Waals surface area contributed by atoms with Crippen LogP contribution in [0.2, 0.25) is 30.1 Å². The largest absolute Gasteiger partial charge is 0.508 e. The number of fused-ring (bicyclic) bond motifs is 4. The molecule has 11 aromatic rings. The van der Waals surface area contributed by atoms with Crippen molar-refractivity contribution in [3.05, 3.63) is 247 Å². The first-order chi connectivity index (χ1) is 52.9. The Labute approximate surface area is 702 Å². The van der Waals surface area contributed by atoms with Crippen LogP contribution in [0.15, 0.2) is 195 Å². The van der Waals surface area contributed by atoms with Crippen LogP contribution in [0.1, 0.15) is 51.4 Å². The number of aromatic amines is 4. The van der Waals surface area contributed by atoms with E-state index in [4.69, 9.17) is 88.9 Å². The van der Waals surface area contributed by atoms with Crippen LogP contribution in [-0.2, 0) is 0 Å². The summed E-state index contributed by atoms with van der Waals surface area (Å²) in [4.78, 5) is 67.9. The third kappa shape index (κ3) is 28.8. The second-order valence-corrected chi connectivity index (χ2v) is 30.6. The normalized spacial score (nSPS) is 13.6. The smallest absolute Gasteiger partial charge is 0.248 e. The van der Waals surface area contributed by atoms with E-state index in [-0.39, 0.29) is 40.4 Å². The minimum Gasteiger partial charge on any atom is -0.508 e. The van der Waals surface area contributed by atoms with Gasteiger partial charge in [-0.3, -0.25) is 29.0 Å². The van der Waals surface area contributed by atoms with Crippen molar-refractivity contribution in [3.63, 3.8) is 0 Å². The van der Waals surface area contributed by atoms with Crippen LogP contribution < -0.4 is 56.5 Å². The summed E-state index contributed by atoms with van der Waals surface area (Å²) in [5.74, 6) is 2.53. The molecule has 3 fully saturated rings. The molecule has 3 aliphatic heterocycles. The van der Waals surface area contributed by atoms with Crippen LogP contribution in [0.25, 0.3) is 43.6 Å². The Bertz CT molecular complexity index is 4730. The van der Waals surface area contributed by atoms with E-state index in [2.05, 4.69) is 97.5 Å². The van der Waals surface area contributed by atoms with Crippen LogP contribution in [0.3, 0.4) is 0 Å². The zero-order valence-electron chi connectivity index (χ0n) is 60.9. The van der Waals surface area contributed by atoms with Crippen LogP contribution in [-0.4, -0.2) is 162 Å². The van der Waals surface area contributed by atoms with E-state index in [1.807, 2.05) is 127 Å². The molecule has 0 saturated carbocycles.